The minimum Gasteiger partial charge on any atom is -0.451 e. The molecule has 2 rings (SSSR count). The molecule has 0 radical (unpaired) electrons. The Morgan fingerprint density at radius 1 is 0.966 bits per heavy atom. The predicted octanol–water partition coefficient (Wildman–Crippen LogP) is 5.11. The number of urea groups is 1. The minimum atomic E-state index is -0.574. The van der Waals surface area contributed by atoms with Crippen molar-refractivity contribution in [1.29, 1.82) is 0 Å². The molecule has 1 heterocycles. The summed E-state index contributed by atoms with van der Waals surface area (Å²) in [6.45, 7) is 5.07. The fourth-order valence-corrected chi connectivity index (χ4v) is 3.18. The molecule has 0 saturated heterocycles. The Morgan fingerprint density at radius 3 is 2.38 bits per heavy atom. The van der Waals surface area contributed by atoms with E-state index in [4.69, 9.17) is 4.42 Å². The third-order valence-electron chi connectivity index (χ3n) is 4.88. The summed E-state index contributed by atoms with van der Waals surface area (Å²) in [6, 6.07) is 7.53. The summed E-state index contributed by atoms with van der Waals surface area (Å²) < 4.78 is 5.65. The number of imide groups is 1. The molecule has 0 atom stereocenters. The van der Waals surface area contributed by atoms with Gasteiger partial charge in [-0.05, 0) is 25.0 Å². The van der Waals surface area contributed by atoms with Crippen molar-refractivity contribution in [2.24, 2.45) is 0 Å². The van der Waals surface area contributed by atoms with Crippen LogP contribution in [0, 0.1) is 0 Å². The molecule has 1 aromatic carbocycles. The number of para-hydroxylation sites is 1. The van der Waals surface area contributed by atoms with Gasteiger partial charge in [0, 0.05) is 19.2 Å². The Bertz CT molecular complexity index is 859. The number of benzene rings is 1. The van der Waals surface area contributed by atoms with Crippen molar-refractivity contribution in [3.63, 3.8) is 0 Å². The van der Waals surface area contributed by atoms with E-state index in [2.05, 4.69) is 19.2 Å². The molecule has 0 aliphatic rings. The summed E-state index contributed by atoms with van der Waals surface area (Å²) in [5.41, 5.74) is 0.0513. The molecule has 0 fully saturated rings. The van der Waals surface area contributed by atoms with Crippen LogP contribution in [0.15, 0.2) is 39.5 Å². The highest BCUT2D eigenvalue weighted by molar-refractivity contribution is 6.03. The largest absolute Gasteiger partial charge is 0.451 e. The molecule has 0 spiro atoms. The van der Waals surface area contributed by atoms with Gasteiger partial charge in [0.1, 0.15) is 5.58 Å². The van der Waals surface area contributed by atoms with Crippen LogP contribution in [0.2, 0.25) is 0 Å². The van der Waals surface area contributed by atoms with Gasteiger partial charge in [0.15, 0.2) is 11.2 Å². The van der Waals surface area contributed by atoms with Crippen LogP contribution in [0.1, 0.15) is 75.8 Å². The average Bonchev–Trinajstić information content (AvgIpc) is 2.73. The summed E-state index contributed by atoms with van der Waals surface area (Å²) >= 11 is 0. The van der Waals surface area contributed by atoms with Crippen LogP contribution in [0.25, 0.3) is 11.0 Å². The molecule has 6 nitrogen and oxygen atoms in total. The van der Waals surface area contributed by atoms with Crippen molar-refractivity contribution in [2.45, 2.75) is 65.2 Å². The Morgan fingerprint density at radius 2 is 1.66 bits per heavy atom. The summed E-state index contributed by atoms with van der Waals surface area (Å²) in [6.07, 6.45) is 7.94. The second kappa shape index (κ2) is 12.0. The monoisotopic (exact) mass is 400 g/mol. The first kappa shape index (κ1) is 22.7. The van der Waals surface area contributed by atoms with E-state index in [1.165, 1.54) is 11.0 Å². The quantitative estimate of drug-likeness (QED) is 0.532. The van der Waals surface area contributed by atoms with Crippen molar-refractivity contribution < 1.29 is 14.0 Å². The minimum absolute atomic E-state index is 0.106. The maximum Gasteiger partial charge on any atom is 0.324 e. The van der Waals surface area contributed by atoms with Gasteiger partial charge in [0.25, 0.3) is 5.91 Å². The van der Waals surface area contributed by atoms with E-state index >= 15 is 0 Å². The molecule has 158 valence electrons. The molecule has 0 aliphatic heterocycles. The number of hydrogen-bond donors (Lipinski definition) is 1. The van der Waals surface area contributed by atoms with Gasteiger partial charge >= 0.3 is 6.03 Å². The van der Waals surface area contributed by atoms with Crippen molar-refractivity contribution in [3.8, 4) is 0 Å². The summed E-state index contributed by atoms with van der Waals surface area (Å²) in [4.78, 5) is 39.2. The number of nitrogens with one attached hydrogen (secondary N) is 1. The van der Waals surface area contributed by atoms with Crippen LogP contribution in [0.3, 0.4) is 0 Å². The Kier molecular flexibility index (Phi) is 9.41. The first-order valence-electron chi connectivity index (χ1n) is 10.7. The Balaban J connectivity index is 2.14. The van der Waals surface area contributed by atoms with E-state index in [1.807, 2.05) is 0 Å². The van der Waals surface area contributed by atoms with Gasteiger partial charge in [-0.25, -0.2) is 4.79 Å². The number of amides is 3. The van der Waals surface area contributed by atoms with Gasteiger partial charge in [-0.15, -0.1) is 0 Å². The molecule has 0 aliphatic carbocycles. The number of rotatable bonds is 11. The fourth-order valence-electron chi connectivity index (χ4n) is 3.18. The first-order chi connectivity index (χ1) is 14.1. The SMILES string of the molecule is CCCCCCNC(=O)N(CCCCCC)C(=O)c1cc(=O)c2ccccc2o1. The zero-order chi connectivity index (χ0) is 21.1. The van der Waals surface area contributed by atoms with Gasteiger partial charge in [-0.2, -0.15) is 0 Å². The molecular formula is C23H32N2O4. The molecule has 0 saturated carbocycles. The smallest absolute Gasteiger partial charge is 0.324 e. The summed E-state index contributed by atoms with van der Waals surface area (Å²) in [5.74, 6) is -0.680. The van der Waals surface area contributed by atoms with Gasteiger partial charge in [-0.3, -0.25) is 14.5 Å². The van der Waals surface area contributed by atoms with Crippen molar-refractivity contribution in [3.05, 3.63) is 46.3 Å². The third kappa shape index (κ3) is 6.73. The lowest BCUT2D eigenvalue weighted by molar-refractivity contribution is 0.0768. The second-order valence-electron chi connectivity index (χ2n) is 7.28. The molecular weight excluding hydrogens is 368 g/mol. The molecule has 0 unspecified atom stereocenters. The summed E-state index contributed by atoms with van der Waals surface area (Å²) in [5, 5.41) is 3.25. The van der Waals surface area contributed by atoms with Crippen LogP contribution in [-0.4, -0.2) is 29.9 Å². The highest BCUT2D eigenvalue weighted by Gasteiger charge is 2.25. The van der Waals surface area contributed by atoms with E-state index in [0.717, 1.165) is 51.4 Å². The molecule has 6 heteroatoms. The van der Waals surface area contributed by atoms with Crippen LogP contribution in [0.4, 0.5) is 4.79 Å². The number of nitrogens with zero attached hydrogens (tertiary/aromatic N) is 1. The highest BCUT2D eigenvalue weighted by atomic mass is 16.3. The number of fused-ring (bicyclic) bond motifs is 1. The van der Waals surface area contributed by atoms with Crippen LogP contribution >= 0.6 is 0 Å². The van der Waals surface area contributed by atoms with E-state index < -0.39 is 11.9 Å². The van der Waals surface area contributed by atoms with E-state index in [0.29, 0.717) is 24.1 Å². The number of carbonyl (C=O) groups is 2. The molecule has 1 aromatic heterocycles. The number of carbonyl (C=O) groups excluding carboxylic acids is 2. The number of hydrogen-bond acceptors (Lipinski definition) is 4. The van der Waals surface area contributed by atoms with Crippen LogP contribution < -0.4 is 10.7 Å². The molecule has 29 heavy (non-hydrogen) atoms. The van der Waals surface area contributed by atoms with Gasteiger partial charge in [-0.1, -0.05) is 64.5 Å². The first-order valence-corrected chi connectivity index (χ1v) is 10.7. The van der Waals surface area contributed by atoms with E-state index in [9.17, 15) is 14.4 Å². The molecule has 3 amide bonds. The Hall–Kier alpha value is -2.63. The molecule has 1 N–H and O–H groups in total. The lowest BCUT2D eigenvalue weighted by atomic mass is 10.2. The van der Waals surface area contributed by atoms with E-state index in [1.54, 1.807) is 24.3 Å². The maximum absolute atomic E-state index is 13.0. The van der Waals surface area contributed by atoms with Crippen LogP contribution in [-0.2, 0) is 0 Å². The number of unbranched alkanes of at least 4 members (excludes halogenated alkanes) is 6. The maximum atomic E-state index is 13.0. The zero-order valence-electron chi connectivity index (χ0n) is 17.5. The topological polar surface area (TPSA) is 79.6 Å². The standard InChI is InChI=1S/C23H32N2O4/c1-3-5-7-11-15-24-23(28)25(16-12-8-6-4-2)22(27)21-17-19(26)18-13-9-10-14-20(18)29-21/h9-10,13-14,17H,3-8,11-12,15-16H2,1-2H3,(H,24,28). The molecule has 0 bridgehead atoms. The Labute approximate surface area is 172 Å². The van der Waals surface area contributed by atoms with Gasteiger partial charge in [0.05, 0.1) is 5.39 Å². The summed E-state index contributed by atoms with van der Waals surface area (Å²) in [7, 11) is 0. The van der Waals surface area contributed by atoms with Crippen LogP contribution in [0.5, 0.6) is 0 Å². The highest BCUT2D eigenvalue weighted by Crippen LogP contribution is 2.14. The molecule has 2 aromatic rings. The average molecular weight is 401 g/mol. The van der Waals surface area contributed by atoms with Crippen molar-refractivity contribution >= 4 is 22.9 Å². The van der Waals surface area contributed by atoms with Crippen molar-refractivity contribution in [2.75, 3.05) is 13.1 Å². The third-order valence-corrected chi connectivity index (χ3v) is 4.88. The van der Waals surface area contributed by atoms with E-state index in [-0.39, 0.29) is 11.2 Å². The zero-order valence-corrected chi connectivity index (χ0v) is 17.5. The normalized spacial score (nSPS) is 10.8. The predicted molar refractivity (Wildman–Crippen MR) is 115 cm³/mol. The lowest BCUT2D eigenvalue weighted by Gasteiger charge is -2.21. The second-order valence-corrected chi connectivity index (χ2v) is 7.28. The fraction of sp³-hybridized carbons (Fsp3) is 0.522. The van der Waals surface area contributed by atoms with Crippen molar-refractivity contribution in [1.82, 2.24) is 10.2 Å². The van der Waals surface area contributed by atoms with Gasteiger partial charge < -0.3 is 9.73 Å². The van der Waals surface area contributed by atoms with Gasteiger partial charge in [0.2, 0.25) is 0 Å². The lowest BCUT2D eigenvalue weighted by Crippen LogP contribution is -2.44.